The second-order valence-corrected chi connectivity index (χ2v) is 6.49. The summed E-state index contributed by atoms with van der Waals surface area (Å²) >= 11 is 0. The molecule has 4 nitrogen and oxygen atoms in total. The molecule has 1 N–H and O–H groups in total. The van der Waals surface area contributed by atoms with Gasteiger partial charge in [0, 0.05) is 17.3 Å². The van der Waals surface area contributed by atoms with E-state index in [-0.39, 0.29) is 5.69 Å². The minimum Gasteiger partial charge on any atom is -0.278 e. The van der Waals surface area contributed by atoms with E-state index in [1.807, 2.05) is 60.7 Å². The third-order valence-corrected chi connectivity index (χ3v) is 4.43. The summed E-state index contributed by atoms with van der Waals surface area (Å²) in [4.78, 5) is 0. The third kappa shape index (κ3) is 4.25. The second kappa shape index (κ2) is 8.24. The van der Waals surface area contributed by atoms with Crippen LogP contribution in [0.5, 0.6) is 0 Å². The van der Waals surface area contributed by atoms with Crippen LogP contribution in [0, 0.1) is 0 Å². The lowest BCUT2D eigenvalue weighted by atomic mass is 10.1. The molecule has 0 aliphatic rings. The monoisotopic (exact) mass is 406 g/mol. The minimum atomic E-state index is -4.47. The first kappa shape index (κ1) is 19.4. The predicted octanol–water partition coefficient (Wildman–Crippen LogP) is 6.00. The molecule has 0 radical (unpaired) electrons. The number of alkyl halides is 3. The van der Waals surface area contributed by atoms with Gasteiger partial charge >= 0.3 is 6.18 Å². The maximum absolute atomic E-state index is 13.2. The first-order chi connectivity index (χ1) is 14.5. The van der Waals surface area contributed by atoms with Gasteiger partial charge in [-0.2, -0.15) is 23.4 Å². The summed E-state index contributed by atoms with van der Waals surface area (Å²) in [7, 11) is 0. The molecule has 3 aromatic carbocycles. The number of anilines is 1. The molecule has 0 fully saturated rings. The summed E-state index contributed by atoms with van der Waals surface area (Å²) in [5, 5.41) is 8.70. The zero-order valence-corrected chi connectivity index (χ0v) is 15.7. The van der Waals surface area contributed by atoms with Gasteiger partial charge in [0.05, 0.1) is 23.2 Å². The number of halogens is 3. The average Bonchev–Trinajstić information content (AvgIpc) is 3.19. The molecule has 150 valence electrons. The van der Waals surface area contributed by atoms with Crippen LogP contribution in [0.2, 0.25) is 0 Å². The van der Waals surface area contributed by atoms with Crippen LogP contribution in [-0.2, 0) is 6.18 Å². The molecule has 0 saturated carbocycles. The lowest BCUT2D eigenvalue weighted by molar-refractivity contribution is -0.136. The number of nitrogens with zero attached hydrogens (tertiary/aromatic N) is 3. The molecule has 1 heterocycles. The number of hydrogen-bond acceptors (Lipinski definition) is 3. The molecule has 7 heteroatoms. The molecule has 30 heavy (non-hydrogen) atoms. The predicted molar refractivity (Wildman–Crippen MR) is 112 cm³/mol. The van der Waals surface area contributed by atoms with Crippen molar-refractivity contribution in [2.24, 2.45) is 5.10 Å². The van der Waals surface area contributed by atoms with E-state index in [1.165, 1.54) is 24.4 Å². The first-order valence-electron chi connectivity index (χ1n) is 9.18. The van der Waals surface area contributed by atoms with Crippen molar-refractivity contribution in [1.29, 1.82) is 0 Å². The number of nitrogens with one attached hydrogen (secondary N) is 1. The van der Waals surface area contributed by atoms with E-state index in [0.717, 1.165) is 17.3 Å². The van der Waals surface area contributed by atoms with Gasteiger partial charge in [-0.1, -0.05) is 60.7 Å². The zero-order chi connectivity index (χ0) is 21.0. The number of para-hydroxylation sites is 2. The summed E-state index contributed by atoms with van der Waals surface area (Å²) in [5.74, 6) is 0. The summed E-state index contributed by atoms with van der Waals surface area (Å²) < 4.78 is 41.2. The molecule has 0 unspecified atom stereocenters. The zero-order valence-electron chi connectivity index (χ0n) is 15.7. The van der Waals surface area contributed by atoms with Crippen LogP contribution in [-0.4, -0.2) is 16.0 Å². The van der Waals surface area contributed by atoms with Gasteiger partial charge in [0.15, 0.2) is 0 Å². The molecule has 0 amide bonds. The van der Waals surface area contributed by atoms with Gasteiger partial charge in [0.25, 0.3) is 0 Å². The SMILES string of the molecule is FC(F)(F)c1ccccc1NN=Cc1cn(-c2ccccc2)nc1-c1ccccc1. The Labute approximate surface area is 171 Å². The molecular weight excluding hydrogens is 389 g/mol. The van der Waals surface area contributed by atoms with E-state index in [9.17, 15) is 13.2 Å². The molecule has 0 bridgehead atoms. The van der Waals surface area contributed by atoms with Crippen molar-refractivity contribution in [2.75, 3.05) is 5.43 Å². The highest BCUT2D eigenvalue weighted by molar-refractivity contribution is 5.89. The van der Waals surface area contributed by atoms with Crippen LogP contribution in [0.15, 0.2) is 96.2 Å². The Bertz CT molecular complexity index is 1150. The van der Waals surface area contributed by atoms with Crippen molar-refractivity contribution in [3.05, 3.63) is 102 Å². The first-order valence-corrected chi connectivity index (χ1v) is 9.18. The lowest BCUT2D eigenvalue weighted by Crippen LogP contribution is -2.08. The number of aromatic nitrogens is 2. The molecule has 0 spiro atoms. The van der Waals surface area contributed by atoms with Crippen molar-refractivity contribution in [2.45, 2.75) is 6.18 Å². The van der Waals surface area contributed by atoms with E-state index in [1.54, 1.807) is 10.9 Å². The van der Waals surface area contributed by atoms with E-state index in [0.29, 0.717) is 11.3 Å². The average molecular weight is 406 g/mol. The number of rotatable bonds is 5. The van der Waals surface area contributed by atoms with Crippen molar-refractivity contribution in [1.82, 2.24) is 9.78 Å². The number of hydrazone groups is 1. The van der Waals surface area contributed by atoms with E-state index in [4.69, 9.17) is 0 Å². The Morgan fingerprint density at radius 3 is 2.17 bits per heavy atom. The van der Waals surface area contributed by atoms with Gasteiger partial charge in [0.1, 0.15) is 5.69 Å². The fourth-order valence-corrected chi connectivity index (χ4v) is 3.01. The standard InChI is InChI=1S/C23H17F3N4/c24-23(25,26)20-13-7-8-14-21(20)28-27-15-18-16-30(19-11-5-2-6-12-19)29-22(18)17-9-3-1-4-10-17/h1-16,28H. The quantitative estimate of drug-likeness (QED) is 0.326. The topological polar surface area (TPSA) is 42.2 Å². The normalized spacial score (nSPS) is 11.7. The van der Waals surface area contributed by atoms with Crippen LogP contribution in [0.25, 0.3) is 16.9 Å². The Morgan fingerprint density at radius 1 is 0.833 bits per heavy atom. The van der Waals surface area contributed by atoms with Crippen LogP contribution >= 0.6 is 0 Å². The van der Waals surface area contributed by atoms with Gasteiger partial charge in [-0.25, -0.2) is 4.68 Å². The van der Waals surface area contributed by atoms with Gasteiger partial charge in [0.2, 0.25) is 0 Å². The molecule has 0 saturated heterocycles. The number of benzene rings is 3. The van der Waals surface area contributed by atoms with Gasteiger partial charge in [-0.05, 0) is 24.3 Å². The summed E-state index contributed by atoms with van der Waals surface area (Å²) in [5.41, 5.74) is 4.71. The van der Waals surface area contributed by atoms with Crippen molar-refractivity contribution >= 4 is 11.9 Å². The van der Waals surface area contributed by atoms with Crippen molar-refractivity contribution in [3.63, 3.8) is 0 Å². The van der Waals surface area contributed by atoms with Crippen molar-refractivity contribution < 1.29 is 13.2 Å². The molecule has 0 aliphatic heterocycles. The Hall–Kier alpha value is -3.87. The largest absolute Gasteiger partial charge is 0.418 e. The Morgan fingerprint density at radius 2 is 1.47 bits per heavy atom. The van der Waals surface area contributed by atoms with Crippen LogP contribution in [0.1, 0.15) is 11.1 Å². The maximum atomic E-state index is 13.2. The molecule has 1 aromatic heterocycles. The summed E-state index contributed by atoms with van der Waals surface area (Å²) in [6.45, 7) is 0. The van der Waals surface area contributed by atoms with E-state index >= 15 is 0 Å². The highest BCUT2D eigenvalue weighted by Crippen LogP contribution is 2.34. The molecule has 4 rings (SSSR count). The van der Waals surface area contributed by atoms with Gasteiger partial charge in [-0.15, -0.1) is 0 Å². The third-order valence-electron chi connectivity index (χ3n) is 4.43. The molecule has 0 atom stereocenters. The summed E-state index contributed by atoms with van der Waals surface area (Å²) in [6.07, 6.45) is -1.20. The Kier molecular flexibility index (Phi) is 5.34. The molecule has 4 aromatic rings. The maximum Gasteiger partial charge on any atom is 0.418 e. The summed E-state index contributed by atoms with van der Waals surface area (Å²) in [6, 6.07) is 24.3. The van der Waals surface area contributed by atoms with E-state index in [2.05, 4.69) is 15.6 Å². The molecular formula is C23H17F3N4. The van der Waals surface area contributed by atoms with Crippen LogP contribution < -0.4 is 5.43 Å². The molecule has 0 aliphatic carbocycles. The Balaban J connectivity index is 1.68. The highest BCUT2D eigenvalue weighted by atomic mass is 19.4. The minimum absolute atomic E-state index is 0.113. The van der Waals surface area contributed by atoms with Crippen LogP contribution in [0.3, 0.4) is 0 Å². The van der Waals surface area contributed by atoms with Gasteiger partial charge < -0.3 is 0 Å². The fraction of sp³-hybridized carbons (Fsp3) is 0.0435. The van der Waals surface area contributed by atoms with Crippen molar-refractivity contribution in [3.8, 4) is 16.9 Å². The lowest BCUT2D eigenvalue weighted by Gasteiger charge is -2.11. The second-order valence-electron chi connectivity index (χ2n) is 6.49. The fourth-order valence-electron chi connectivity index (χ4n) is 3.01. The van der Waals surface area contributed by atoms with E-state index < -0.39 is 11.7 Å². The van der Waals surface area contributed by atoms with Crippen LogP contribution in [0.4, 0.5) is 18.9 Å². The smallest absolute Gasteiger partial charge is 0.278 e. The van der Waals surface area contributed by atoms with Gasteiger partial charge in [-0.3, -0.25) is 5.43 Å². The highest BCUT2D eigenvalue weighted by Gasteiger charge is 2.33. The number of hydrogen-bond donors (Lipinski definition) is 1.